The molecule has 9 nitrogen and oxygen atoms in total. The van der Waals surface area contributed by atoms with E-state index in [1.54, 1.807) is 0 Å². The average Bonchev–Trinajstić information content (AvgIpc) is 3.43. The number of nitrogens with zero attached hydrogens (tertiary/aromatic N) is 1. The summed E-state index contributed by atoms with van der Waals surface area (Å²) in [4.78, 5) is 39.4. The molecule has 2 amide bonds. The molecule has 2 aliphatic rings. The molecule has 1 heterocycles. The van der Waals surface area contributed by atoms with Crippen molar-refractivity contribution < 1.29 is 29.0 Å². The molecule has 0 radical (unpaired) electrons. The second-order valence-electron chi connectivity index (χ2n) is 9.29. The molecule has 2 unspecified atom stereocenters. The summed E-state index contributed by atoms with van der Waals surface area (Å²) < 4.78 is 11.0. The fourth-order valence-corrected chi connectivity index (χ4v) is 4.67. The first kappa shape index (κ1) is 24.7. The fourth-order valence-electron chi connectivity index (χ4n) is 4.67. The van der Waals surface area contributed by atoms with Gasteiger partial charge in [-0.15, -0.1) is 0 Å². The van der Waals surface area contributed by atoms with Crippen LogP contribution in [0.2, 0.25) is 0 Å². The van der Waals surface area contributed by atoms with Crippen LogP contribution in [-0.2, 0) is 19.1 Å². The Morgan fingerprint density at radius 1 is 1.11 bits per heavy atom. The van der Waals surface area contributed by atoms with Gasteiger partial charge in [0, 0.05) is 25.5 Å². The largest absolute Gasteiger partial charge is 0.480 e. The molecule has 0 aromatic heterocycles. The Kier molecular flexibility index (Phi) is 7.37. The Balaban J connectivity index is 1.42. The summed E-state index contributed by atoms with van der Waals surface area (Å²) in [5, 5.41) is 14.8. The van der Waals surface area contributed by atoms with E-state index in [1.807, 2.05) is 55.4 Å². The van der Waals surface area contributed by atoms with E-state index in [0.717, 1.165) is 22.3 Å². The van der Waals surface area contributed by atoms with Gasteiger partial charge in [0.25, 0.3) is 0 Å². The van der Waals surface area contributed by atoms with Gasteiger partial charge < -0.3 is 30.1 Å². The van der Waals surface area contributed by atoms with Gasteiger partial charge >= 0.3 is 12.1 Å². The number of nitrogens with one attached hydrogen (secondary N) is 2. The van der Waals surface area contributed by atoms with Crippen LogP contribution in [0.1, 0.15) is 29.9 Å². The lowest BCUT2D eigenvalue weighted by atomic mass is 9.96. The van der Waals surface area contributed by atoms with Gasteiger partial charge in [-0.1, -0.05) is 48.5 Å². The number of carbonyl (C=O) groups excluding carboxylic acids is 2. The van der Waals surface area contributed by atoms with Crippen LogP contribution in [0.25, 0.3) is 11.1 Å². The van der Waals surface area contributed by atoms with E-state index in [1.165, 1.54) is 0 Å². The molecular formula is C26H31N3O6. The van der Waals surface area contributed by atoms with Gasteiger partial charge in [0.05, 0.1) is 6.61 Å². The van der Waals surface area contributed by atoms with Crippen molar-refractivity contribution in [1.29, 1.82) is 0 Å². The Hall–Kier alpha value is -3.43. The van der Waals surface area contributed by atoms with Gasteiger partial charge in [-0.05, 0) is 42.8 Å². The van der Waals surface area contributed by atoms with E-state index in [2.05, 4.69) is 22.8 Å². The van der Waals surface area contributed by atoms with Gasteiger partial charge in [0.15, 0.2) is 0 Å². The highest BCUT2D eigenvalue weighted by atomic mass is 16.6. The Morgan fingerprint density at radius 3 is 2.29 bits per heavy atom. The molecule has 2 atom stereocenters. The van der Waals surface area contributed by atoms with E-state index in [4.69, 9.17) is 9.47 Å². The molecule has 35 heavy (non-hydrogen) atoms. The van der Waals surface area contributed by atoms with Gasteiger partial charge in [0.2, 0.25) is 5.91 Å². The molecule has 0 spiro atoms. The summed E-state index contributed by atoms with van der Waals surface area (Å²) in [5.41, 5.74) is 3.03. The molecule has 1 fully saturated rings. The van der Waals surface area contributed by atoms with Crippen LogP contribution in [0.15, 0.2) is 48.5 Å². The van der Waals surface area contributed by atoms with Crippen LogP contribution in [0.4, 0.5) is 4.79 Å². The number of alkyl carbamates (subject to hydrolysis) is 1. The maximum atomic E-state index is 13.1. The zero-order chi connectivity index (χ0) is 25.0. The SMILES string of the molecule is CN(C)CCC(NC(=O)C1(NC(=O)OCC2c3ccccc3-c3ccccc32)CCOC1)C(=O)O. The zero-order valence-corrected chi connectivity index (χ0v) is 20.0. The molecule has 9 heteroatoms. The highest BCUT2D eigenvalue weighted by molar-refractivity contribution is 5.93. The minimum atomic E-state index is -1.38. The van der Waals surface area contributed by atoms with E-state index in [-0.39, 0.29) is 38.6 Å². The van der Waals surface area contributed by atoms with E-state index in [0.29, 0.717) is 6.54 Å². The second-order valence-corrected chi connectivity index (χ2v) is 9.29. The summed E-state index contributed by atoms with van der Waals surface area (Å²) >= 11 is 0. The molecule has 1 aliphatic heterocycles. The Bertz CT molecular complexity index is 1050. The van der Waals surface area contributed by atoms with Crippen LogP contribution in [0.5, 0.6) is 0 Å². The number of rotatable bonds is 9. The Morgan fingerprint density at radius 2 is 1.74 bits per heavy atom. The van der Waals surface area contributed by atoms with Crippen molar-refractivity contribution in [3.8, 4) is 11.1 Å². The number of hydrogen-bond donors (Lipinski definition) is 3. The molecule has 4 rings (SSSR count). The number of amides is 2. The first-order valence-corrected chi connectivity index (χ1v) is 11.7. The first-order valence-electron chi connectivity index (χ1n) is 11.7. The molecule has 0 saturated carbocycles. The van der Waals surface area contributed by atoms with Crippen molar-refractivity contribution in [3.63, 3.8) is 0 Å². The summed E-state index contributed by atoms with van der Waals surface area (Å²) in [6, 6.07) is 15.0. The van der Waals surface area contributed by atoms with Crippen LogP contribution < -0.4 is 10.6 Å². The highest BCUT2D eigenvalue weighted by Crippen LogP contribution is 2.44. The number of carboxylic acid groups (broad SMARTS) is 1. The average molecular weight is 482 g/mol. The van der Waals surface area contributed by atoms with Gasteiger partial charge in [0.1, 0.15) is 18.2 Å². The van der Waals surface area contributed by atoms with Crippen LogP contribution in [-0.4, -0.2) is 80.0 Å². The maximum Gasteiger partial charge on any atom is 0.408 e. The third-order valence-electron chi connectivity index (χ3n) is 6.61. The summed E-state index contributed by atoms with van der Waals surface area (Å²) in [5.74, 6) is -1.83. The summed E-state index contributed by atoms with van der Waals surface area (Å²) in [7, 11) is 3.65. The highest BCUT2D eigenvalue weighted by Gasteiger charge is 2.45. The fraction of sp³-hybridized carbons (Fsp3) is 0.423. The normalized spacial score (nSPS) is 19.6. The number of aliphatic carboxylic acids is 1. The zero-order valence-electron chi connectivity index (χ0n) is 20.0. The number of fused-ring (bicyclic) bond motifs is 3. The van der Waals surface area contributed by atoms with Crippen molar-refractivity contribution in [2.45, 2.75) is 30.3 Å². The van der Waals surface area contributed by atoms with Gasteiger partial charge in [-0.2, -0.15) is 0 Å². The quantitative estimate of drug-likeness (QED) is 0.503. The van der Waals surface area contributed by atoms with Crippen LogP contribution in [0.3, 0.4) is 0 Å². The van der Waals surface area contributed by atoms with Crippen molar-refractivity contribution in [3.05, 3.63) is 59.7 Å². The first-order chi connectivity index (χ1) is 16.8. The maximum absolute atomic E-state index is 13.1. The van der Waals surface area contributed by atoms with Crippen molar-refractivity contribution >= 4 is 18.0 Å². The summed E-state index contributed by atoms with van der Waals surface area (Å²) in [6.07, 6.45) is -0.286. The molecule has 1 aliphatic carbocycles. The third-order valence-corrected chi connectivity index (χ3v) is 6.61. The monoisotopic (exact) mass is 481 g/mol. The molecular weight excluding hydrogens is 450 g/mol. The molecule has 186 valence electrons. The number of ether oxygens (including phenoxy) is 2. The minimum absolute atomic E-state index is 0.0525. The molecule has 0 bridgehead atoms. The lowest BCUT2D eigenvalue weighted by Crippen LogP contribution is -2.62. The predicted molar refractivity (Wildman–Crippen MR) is 129 cm³/mol. The Labute approximate surface area is 204 Å². The van der Waals surface area contributed by atoms with Crippen molar-refractivity contribution in [2.75, 3.05) is 40.5 Å². The van der Waals surface area contributed by atoms with E-state index >= 15 is 0 Å². The lowest BCUT2D eigenvalue weighted by molar-refractivity contribution is -0.143. The lowest BCUT2D eigenvalue weighted by Gasteiger charge is -2.29. The number of carbonyl (C=O) groups is 3. The smallest absolute Gasteiger partial charge is 0.408 e. The van der Waals surface area contributed by atoms with Crippen LogP contribution in [0, 0.1) is 0 Å². The van der Waals surface area contributed by atoms with Gasteiger partial charge in [-0.3, -0.25) is 4.79 Å². The standard InChI is InChI=1S/C26H31N3O6/c1-29(2)13-11-22(23(30)31)27-24(32)26(12-14-34-16-26)28-25(33)35-15-21-19-9-5-3-7-17(19)18-8-4-6-10-20(18)21/h3-10,21-22H,11-16H2,1-2H3,(H,27,32)(H,28,33)(H,30,31). The minimum Gasteiger partial charge on any atom is -0.480 e. The van der Waals surface area contributed by atoms with E-state index < -0.39 is 29.6 Å². The van der Waals surface area contributed by atoms with Gasteiger partial charge in [-0.25, -0.2) is 9.59 Å². The number of benzene rings is 2. The summed E-state index contributed by atoms with van der Waals surface area (Å²) in [6.45, 7) is 0.815. The molecule has 2 aromatic carbocycles. The predicted octanol–water partition coefficient (Wildman–Crippen LogP) is 2.21. The topological polar surface area (TPSA) is 117 Å². The third kappa shape index (κ3) is 5.31. The number of carboxylic acids is 1. The second kappa shape index (κ2) is 10.5. The van der Waals surface area contributed by atoms with E-state index in [9.17, 15) is 19.5 Å². The van der Waals surface area contributed by atoms with Crippen molar-refractivity contribution in [2.24, 2.45) is 0 Å². The molecule has 2 aromatic rings. The molecule has 1 saturated heterocycles. The van der Waals surface area contributed by atoms with Crippen LogP contribution >= 0.6 is 0 Å². The van der Waals surface area contributed by atoms with Crippen molar-refractivity contribution in [1.82, 2.24) is 15.5 Å². The number of hydrogen-bond acceptors (Lipinski definition) is 6. The molecule has 3 N–H and O–H groups in total.